The van der Waals surface area contributed by atoms with Crippen LogP contribution in [0.25, 0.3) is 0 Å². The number of carbonyl (C=O) groups excluding carboxylic acids is 4. The third kappa shape index (κ3) is 21.8. The van der Waals surface area contributed by atoms with E-state index in [0.29, 0.717) is 0 Å². The Morgan fingerprint density at radius 3 is 1.28 bits per heavy atom. The van der Waals surface area contributed by atoms with Gasteiger partial charge in [-0.05, 0) is 41.5 Å². The number of hydroxylamine groups is 2. The Balaban J connectivity index is 3.78. The first-order valence-corrected chi connectivity index (χ1v) is 10.7. The molecule has 0 heterocycles. The molecular formula is C20H36N2O14. The molecule has 2 unspecified atom stereocenters. The van der Waals surface area contributed by atoms with Crippen LogP contribution in [0.2, 0.25) is 0 Å². The van der Waals surface area contributed by atoms with Gasteiger partial charge in [0.05, 0.1) is 0 Å². The highest BCUT2D eigenvalue weighted by Crippen LogP contribution is 2.07. The number of nitrogens with one attached hydrogen (secondary N) is 2. The quantitative estimate of drug-likeness (QED) is 0.0705. The molecule has 0 rings (SSSR count). The largest absolute Gasteiger partial charge is 0.461 e. The highest BCUT2D eigenvalue weighted by molar-refractivity contribution is 5.72. The molecule has 2 atom stereocenters. The van der Waals surface area contributed by atoms with Crippen molar-refractivity contribution >= 4 is 24.1 Å². The van der Waals surface area contributed by atoms with Crippen LogP contribution in [-0.4, -0.2) is 97.4 Å². The lowest BCUT2D eigenvalue weighted by molar-refractivity contribution is -0.317. The zero-order chi connectivity index (χ0) is 27.8. The van der Waals surface area contributed by atoms with E-state index in [-0.39, 0.29) is 0 Å². The van der Waals surface area contributed by atoms with Crippen LogP contribution in [0.5, 0.6) is 0 Å². The molecule has 0 aliphatic carbocycles. The molecule has 0 aromatic rings. The van der Waals surface area contributed by atoms with Gasteiger partial charge in [-0.3, -0.25) is 9.68 Å². The SMILES string of the molecule is CC(C)(C)OC(=O)NOCC(=O)OCC(O)COOCC(O)COC(=O)CONC(=O)OC(C)(C)C. The first-order chi connectivity index (χ1) is 16.6. The first-order valence-electron chi connectivity index (χ1n) is 10.7. The zero-order valence-corrected chi connectivity index (χ0v) is 21.2. The average Bonchev–Trinajstić information content (AvgIpc) is 2.71. The fourth-order valence-corrected chi connectivity index (χ4v) is 1.72. The van der Waals surface area contributed by atoms with Crippen molar-refractivity contribution in [2.24, 2.45) is 0 Å². The summed E-state index contributed by atoms with van der Waals surface area (Å²) in [6.45, 7) is 6.88. The Morgan fingerprint density at radius 1 is 0.639 bits per heavy atom. The second kappa shape index (κ2) is 16.8. The van der Waals surface area contributed by atoms with Crippen LogP contribution in [-0.2, 0) is 48.0 Å². The van der Waals surface area contributed by atoms with E-state index in [0.717, 1.165) is 0 Å². The van der Waals surface area contributed by atoms with Gasteiger partial charge in [-0.2, -0.15) is 11.0 Å². The third-order valence-corrected chi connectivity index (χ3v) is 2.97. The molecule has 36 heavy (non-hydrogen) atoms. The van der Waals surface area contributed by atoms with Gasteiger partial charge in [0.2, 0.25) is 0 Å². The van der Waals surface area contributed by atoms with Crippen LogP contribution in [0.15, 0.2) is 0 Å². The summed E-state index contributed by atoms with van der Waals surface area (Å²) in [5, 5.41) is 19.3. The van der Waals surface area contributed by atoms with Crippen molar-refractivity contribution in [1.82, 2.24) is 11.0 Å². The molecule has 0 bridgehead atoms. The standard InChI is InChI=1S/C20H36N2O14/c1-19(2,3)35-17(27)21-31-11-15(25)29-7-13(23)9-33-34-10-14(24)8-30-16(26)12-32-22-18(28)36-20(4,5)6/h13-14,23-24H,7-12H2,1-6H3,(H,21,27)(H,22,28). The van der Waals surface area contributed by atoms with Gasteiger partial charge < -0.3 is 29.2 Å². The molecule has 4 N–H and O–H groups in total. The predicted molar refractivity (Wildman–Crippen MR) is 116 cm³/mol. The summed E-state index contributed by atoms with van der Waals surface area (Å²) in [5.74, 6) is -1.76. The van der Waals surface area contributed by atoms with E-state index in [4.69, 9.17) is 18.9 Å². The number of amides is 2. The average molecular weight is 529 g/mol. The second-order valence-corrected chi connectivity index (χ2v) is 9.03. The Hall–Kier alpha value is -2.76. The Bertz CT molecular complexity index is 631. The molecule has 0 aromatic heterocycles. The van der Waals surface area contributed by atoms with E-state index in [1.54, 1.807) is 41.5 Å². The maximum Gasteiger partial charge on any atom is 0.431 e. The number of carbonyl (C=O) groups is 4. The molecule has 16 nitrogen and oxygen atoms in total. The Labute approximate surface area is 208 Å². The lowest BCUT2D eigenvalue weighted by Gasteiger charge is -2.19. The van der Waals surface area contributed by atoms with Crippen molar-refractivity contribution < 1.29 is 67.8 Å². The summed E-state index contributed by atoms with van der Waals surface area (Å²) >= 11 is 0. The molecular weight excluding hydrogens is 492 g/mol. The molecule has 0 saturated carbocycles. The van der Waals surface area contributed by atoms with Crippen LogP contribution in [0.4, 0.5) is 9.59 Å². The Kier molecular flexibility index (Phi) is 15.5. The topological polar surface area (TPSA) is 207 Å². The zero-order valence-electron chi connectivity index (χ0n) is 21.2. The number of hydrogen-bond acceptors (Lipinski definition) is 14. The first kappa shape index (κ1) is 33.2. The van der Waals surface area contributed by atoms with Gasteiger partial charge >= 0.3 is 24.1 Å². The van der Waals surface area contributed by atoms with Crippen molar-refractivity contribution in [3.05, 3.63) is 0 Å². The van der Waals surface area contributed by atoms with Crippen molar-refractivity contribution in [1.29, 1.82) is 0 Å². The fraction of sp³-hybridized carbons (Fsp3) is 0.800. The molecule has 210 valence electrons. The number of esters is 2. The summed E-state index contributed by atoms with van der Waals surface area (Å²) < 4.78 is 19.2. The molecule has 0 aromatic carbocycles. The number of aliphatic hydroxyl groups is 2. The molecule has 0 radical (unpaired) electrons. The van der Waals surface area contributed by atoms with Crippen molar-refractivity contribution in [3.63, 3.8) is 0 Å². The highest BCUT2D eigenvalue weighted by Gasteiger charge is 2.18. The van der Waals surface area contributed by atoms with E-state index in [9.17, 15) is 29.4 Å². The van der Waals surface area contributed by atoms with Crippen molar-refractivity contribution in [3.8, 4) is 0 Å². The van der Waals surface area contributed by atoms with Gasteiger partial charge in [0, 0.05) is 0 Å². The number of rotatable bonds is 15. The predicted octanol–water partition coefficient (Wildman–Crippen LogP) is -0.345. The maximum atomic E-state index is 11.5. The van der Waals surface area contributed by atoms with E-state index in [1.165, 1.54) is 0 Å². The lowest BCUT2D eigenvalue weighted by Crippen LogP contribution is -2.34. The van der Waals surface area contributed by atoms with Gasteiger partial charge in [0.1, 0.15) is 49.8 Å². The molecule has 0 saturated heterocycles. The van der Waals surface area contributed by atoms with Crippen molar-refractivity contribution in [2.75, 3.05) is 39.6 Å². The highest BCUT2D eigenvalue weighted by atomic mass is 17.2. The summed E-state index contributed by atoms with van der Waals surface area (Å²) in [7, 11) is 0. The van der Waals surface area contributed by atoms with Gasteiger partial charge in [-0.25, -0.2) is 29.0 Å². The third-order valence-electron chi connectivity index (χ3n) is 2.97. The molecule has 16 heteroatoms. The minimum absolute atomic E-state index is 0.416. The minimum Gasteiger partial charge on any atom is -0.461 e. The van der Waals surface area contributed by atoms with Gasteiger partial charge in [0.25, 0.3) is 0 Å². The van der Waals surface area contributed by atoms with Crippen molar-refractivity contribution in [2.45, 2.75) is 65.0 Å². The summed E-state index contributed by atoms with van der Waals surface area (Å²) in [6, 6.07) is 0. The molecule has 2 amide bonds. The summed E-state index contributed by atoms with van der Waals surface area (Å²) in [6.07, 6.45) is -4.31. The number of hydrogen-bond donors (Lipinski definition) is 4. The molecule has 0 aliphatic heterocycles. The lowest BCUT2D eigenvalue weighted by atomic mass is 10.2. The second-order valence-electron chi connectivity index (χ2n) is 9.03. The normalized spacial score (nSPS) is 13.2. The number of aliphatic hydroxyl groups excluding tert-OH is 2. The van der Waals surface area contributed by atoms with Crippen LogP contribution < -0.4 is 11.0 Å². The summed E-state index contributed by atoms with van der Waals surface area (Å²) in [5.41, 5.74) is 2.32. The monoisotopic (exact) mass is 528 g/mol. The summed E-state index contributed by atoms with van der Waals surface area (Å²) in [4.78, 5) is 64.2. The van der Waals surface area contributed by atoms with Gasteiger partial charge in [0.15, 0.2) is 13.2 Å². The van der Waals surface area contributed by atoms with E-state index in [2.05, 4.69) is 19.5 Å². The molecule has 0 fully saturated rings. The van der Waals surface area contributed by atoms with Crippen LogP contribution in [0.1, 0.15) is 41.5 Å². The van der Waals surface area contributed by atoms with Crippen LogP contribution in [0, 0.1) is 0 Å². The van der Waals surface area contributed by atoms with E-state index < -0.39 is 87.2 Å². The molecule has 0 spiro atoms. The van der Waals surface area contributed by atoms with Crippen LogP contribution in [0.3, 0.4) is 0 Å². The van der Waals surface area contributed by atoms with E-state index in [1.807, 2.05) is 11.0 Å². The number of ether oxygens (including phenoxy) is 4. The van der Waals surface area contributed by atoms with Crippen LogP contribution >= 0.6 is 0 Å². The minimum atomic E-state index is -1.27. The van der Waals surface area contributed by atoms with E-state index >= 15 is 0 Å². The maximum absolute atomic E-state index is 11.5. The van der Waals surface area contributed by atoms with Gasteiger partial charge in [-0.1, -0.05) is 0 Å². The molecule has 0 aliphatic rings. The smallest absolute Gasteiger partial charge is 0.431 e. The fourth-order valence-electron chi connectivity index (χ4n) is 1.72. The Morgan fingerprint density at radius 2 is 0.972 bits per heavy atom. The van der Waals surface area contributed by atoms with Gasteiger partial charge in [-0.15, -0.1) is 0 Å².